The Morgan fingerprint density at radius 3 is 2.67 bits per heavy atom. The molecule has 0 aromatic carbocycles. The van der Waals surface area contributed by atoms with Gasteiger partial charge in [0.2, 0.25) is 0 Å². The minimum atomic E-state index is -0.969. The van der Waals surface area contributed by atoms with Crippen molar-refractivity contribution < 1.29 is 14.7 Å². The molecule has 18 heavy (non-hydrogen) atoms. The Morgan fingerprint density at radius 2 is 2.17 bits per heavy atom. The van der Waals surface area contributed by atoms with Crippen molar-refractivity contribution in [2.24, 2.45) is 5.41 Å². The minimum absolute atomic E-state index is 0.0878. The number of rotatable bonds is 5. The maximum atomic E-state index is 11.6. The SMILES string of the molecule is CC(NC(=O)NCC(C)(C)C(=O)O)c1ccsc1. The molecule has 6 heteroatoms. The summed E-state index contributed by atoms with van der Waals surface area (Å²) in [5, 5.41) is 18.2. The highest BCUT2D eigenvalue weighted by atomic mass is 32.1. The van der Waals surface area contributed by atoms with Gasteiger partial charge < -0.3 is 15.7 Å². The predicted octanol–water partition coefficient (Wildman–Crippen LogP) is 2.22. The molecule has 0 saturated carbocycles. The first-order valence-corrected chi connectivity index (χ1v) is 6.57. The fraction of sp³-hybridized carbons (Fsp3) is 0.500. The molecule has 0 spiro atoms. The van der Waals surface area contributed by atoms with E-state index < -0.39 is 11.4 Å². The lowest BCUT2D eigenvalue weighted by atomic mass is 9.94. The van der Waals surface area contributed by atoms with Crippen LogP contribution in [0.4, 0.5) is 4.79 Å². The quantitative estimate of drug-likeness (QED) is 0.767. The van der Waals surface area contributed by atoms with E-state index in [4.69, 9.17) is 5.11 Å². The zero-order valence-electron chi connectivity index (χ0n) is 10.7. The molecule has 0 bridgehead atoms. The smallest absolute Gasteiger partial charge is 0.315 e. The van der Waals surface area contributed by atoms with E-state index in [2.05, 4.69) is 10.6 Å². The molecule has 1 atom stereocenters. The van der Waals surface area contributed by atoms with Crippen LogP contribution in [0.2, 0.25) is 0 Å². The molecule has 0 aliphatic heterocycles. The molecule has 5 nitrogen and oxygen atoms in total. The van der Waals surface area contributed by atoms with Gasteiger partial charge in [-0.3, -0.25) is 4.79 Å². The Labute approximate surface area is 110 Å². The number of hydrogen-bond donors (Lipinski definition) is 3. The van der Waals surface area contributed by atoms with Crippen LogP contribution in [0.3, 0.4) is 0 Å². The number of carboxylic acid groups (broad SMARTS) is 1. The molecule has 3 N–H and O–H groups in total. The molecule has 1 aromatic rings. The van der Waals surface area contributed by atoms with Crippen molar-refractivity contribution in [3.63, 3.8) is 0 Å². The van der Waals surface area contributed by atoms with Gasteiger partial charge in [-0.1, -0.05) is 0 Å². The zero-order chi connectivity index (χ0) is 13.8. The van der Waals surface area contributed by atoms with Crippen molar-refractivity contribution in [3.05, 3.63) is 22.4 Å². The Morgan fingerprint density at radius 1 is 1.50 bits per heavy atom. The maximum absolute atomic E-state index is 11.6. The van der Waals surface area contributed by atoms with Crippen LogP contribution in [0.15, 0.2) is 16.8 Å². The van der Waals surface area contributed by atoms with Crippen molar-refractivity contribution in [1.29, 1.82) is 0 Å². The Balaban J connectivity index is 2.41. The molecule has 1 rings (SSSR count). The standard InChI is InChI=1S/C12H18N2O3S/c1-8(9-4-5-18-6-9)14-11(17)13-7-12(2,3)10(15)16/h4-6,8H,7H2,1-3H3,(H,15,16)(H2,13,14,17). The van der Waals surface area contributed by atoms with E-state index in [-0.39, 0.29) is 18.6 Å². The molecule has 2 amide bonds. The molecule has 100 valence electrons. The van der Waals surface area contributed by atoms with Gasteiger partial charge >= 0.3 is 12.0 Å². The first-order chi connectivity index (χ1) is 8.33. The number of hydrogen-bond acceptors (Lipinski definition) is 3. The second-order valence-electron chi connectivity index (χ2n) is 4.79. The second-order valence-corrected chi connectivity index (χ2v) is 5.57. The van der Waals surface area contributed by atoms with Crippen molar-refractivity contribution in [1.82, 2.24) is 10.6 Å². The number of aliphatic carboxylic acids is 1. The fourth-order valence-electron chi connectivity index (χ4n) is 1.23. The van der Waals surface area contributed by atoms with Crippen LogP contribution >= 0.6 is 11.3 Å². The van der Waals surface area contributed by atoms with Gasteiger partial charge in [0.05, 0.1) is 11.5 Å². The Bertz CT molecular complexity index is 415. The first kappa shape index (κ1) is 14.5. The van der Waals surface area contributed by atoms with E-state index in [1.807, 2.05) is 23.8 Å². The first-order valence-electron chi connectivity index (χ1n) is 5.63. The summed E-state index contributed by atoms with van der Waals surface area (Å²) in [7, 11) is 0. The summed E-state index contributed by atoms with van der Waals surface area (Å²) < 4.78 is 0. The third-order valence-electron chi connectivity index (χ3n) is 2.66. The van der Waals surface area contributed by atoms with Crippen molar-refractivity contribution in [2.45, 2.75) is 26.8 Å². The molecular formula is C12H18N2O3S. The third kappa shape index (κ3) is 4.03. The van der Waals surface area contributed by atoms with Gasteiger partial charge in [0.15, 0.2) is 0 Å². The fourth-order valence-corrected chi connectivity index (χ4v) is 1.98. The number of urea groups is 1. The van der Waals surface area contributed by atoms with E-state index in [1.165, 1.54) is 0 Å². The topological polar surface area (TPSA) is 78.4 Å². The number of carboxylic acids is 1. The number of carbonyl (C=O) groups is 2. The van der Waals surface area contributed by atoms with Gasteiger partial charge in [-0.05, 0) is 43.2 Å². The van der Waals surface area contributed by atoms with Crippen LogP contribution in [-0.2, 0) is 4.79 Å². The van der Waals surface area contributed by atoms with Crippen molar-refractivity contribution >= 4 is 23.3 Å². The van der Waals surface area contributed by atoms with Gasteiger partial charge in [-0.25, -0.2) is 4.79 Å². The monoisotopic (exact) mass is 270 g/mol. The zero-order valence-corrected chi connectivity index (χ0v) is 11.5. The lowest BCUT2D eigenvalue weighted by Crippen LogP contribution is -2.44. The summed E-state index contributed by atoms with van der Waals surface area (Å²) in [5.41, 5.74) is 0.0656. The molecule has 0 fully saturated rings. The number of thiophene rings is 1. The summed E-state index contributed by atoms with van der Waals surface area (Å²) >= 11 is 1.57. The Kier molecular flexibility index (Phi) is 4.72. The van der Waals surface area contributed by atoms with E-state index in [9.17, 15) is 9.59 Å². The van der Waals surface area contributed by atoms with Gasteiger partial charge in [0.25, 0.3) is 0 Å². The molecule has 0 radical (unpaired) electrons. The molecule has 0 aliphatic carbocycles. The highest BCUT2D eigenvalue weighted by Gasteiger charge is 2.27. The minimum Gasteiger partial charge on any atom is -0.481 e. The highest BCUT2D eigenvalue weighted by Crippen LogP contribution is 2.16. The number of carbonyl (C=O) groups excluding carboxylic acids is 1. The Hall–Kier alpha value is -1.56. The lowest BCUT2D eigenvalue weighted by molar-refractivity contribution is -0.146. The number of nitrogens with one attached hydrogen (secondary N) is 2. The van der Waals surface area contributed by atoms with Crippen LogP contribution in [-0.4, -0.2) is 23.7 Å². The summed E-state index contributed by atoms with van der Waals surface area (Å²) in [4.78, 5) is 22.5. The van der Waals surface area contributed by atoms with Gasteiger partial charge in [-0.15, -0.1) is 0 Å². The predicted molar refractivity (Wildman–Crippen MR) is 70.7 cm³/mol. The summed E-state index contributed by atoms with van der Waals surface area (Å²) in [6, 6.07) is 1.49. The van der Waals surface area contributed by atoms with Crippen LogP contribution in [0.5, 0.6) is 0 Å². The van der Waals surface area contributed by atoms with E-state index in [0.717, 1.165) is 5.56 Å². The molecule has 1 unspecified atom stereocenters. The summed E-state index contributed by atoms with van der Waals surface area (Å²) in [6.07, 6.45) is 0. The van der Waals surface area contributed by atoms with Crippen LogP contribution < -0.4 is 10.6 Å². The van der Waals surface area contributed by atoms with E-state index >= 15 is 0 Å². The lowest BCUT2D eigenvalue weighted by Gasteiger charge is -2.20. The largest absolute Gasteiger partial charge is 0.481 e. The van der Waals surface area contributed by atoms with Gasteiger partial charge in [-0.2, -0.15) is 11.3 Å². The van der Waals surface area contributed by atoms with Crippen LogP contribution in [0.1, 0.15) is 32.4 Å². The van der Waals surface area contributed by atoms with E-state index in [0.29, 0.717) is 0 Å². The highest BCUT2D eigenvalue weighted by molar-refractivity contribution is 7.07. The molecule has 0 aliphatic rings. The average Bonchev–Trinajstić information content (AvgIpc) is 2.79. The third-order valence-corrected chi connectivity index (χ3v) is 3.36. The summed E-state index contributed by atoms with van der Waals surface area (Å²) in [5.74, 6) is -0.936. The normalized spacial score (nSPS) is 12.8. The molecule has 1 aromatic heterocycles. The number of amides is 2. The second kappa shape index (κ2) is 5.86. The molecule has 1 heterocycles. The van der Waals surface area contributed by atoms with Gasteiger partial charge in [0, 0.05) is 6.54 Å². The maximum Gasteiger partial charge on any atom is 0.315 e. The average molecular weight is 270 g/mol. The van der Waals surface area contributed by atoms with Crippen molar-refractivity contribution in [2.75, 3.05) is 6.54 Å². The molecular weight excluding hydrogens is 252 g/mol. The van der Waals surface area contributed by atoms with Crippen LogP contribution in [0, 0.1) is 5.41 Å². The van der Waals surface area contributed by atoms with E-state index in [1.54, 1.807) is 25.2 Å². The molecule has 0 saturated heterocycles. The van der Waals surface area contributed by atoms with Gasteiger partial charge in [0.1, 0.15) is 0 Å². The van der Waals surface area contributed by atoms with Crippen LogP contribution in [0.25, 0.3) is 0 Å². The summed E-state index contributed by atoms with van der Waals surface area (Å²) in [6.45, 7) is 5.10. The van der Waals surface area contributed by atoms with Crippen molar-refractivity contribution in [3.8, 4) is 0 Å².